The maximum Gasteiger partial charge on any atom is 0.326 e. The summed E-state index contributed by atoms with van der Waals surface area (Å²) in [4.78, 5) is 24.7. The second-order valence-corrected chi connectivity index (χ2v) is 5.28. The van der Waals surface area contributed by atoms with Crippen LogP contribution in [0.15, 0.2) is 18.2 Å². The van der Waals surface area contributed by atoms with Crippen molar-refractivity contribution in [3.63, 3.8) is 0 Å². The van der Waals surface area contributed by atoms with Crippen molar-refractivity contribution < 1.29 is 23.8 Å². The number of halogens is 2. The third kappa shape index (κ3) is 3.33. The molecule has 2 unspecified atom stereocenters. The van der Waals surface area contributed by atoms with E-state index in [0.29, 0.717) is 0 Å². The molecule has 1 heterocycles. The van der Waals surface area contributed by atoms with Gasteiger partial charge in [-0.15, -0.1) is 0 Å². The average molecular weight is 316 g/mol. The van der Waals surface area contributed by atoms with E-state index in [1.165, 1.54) is 30.2 Å². The van der Waals surface area contributed by atoms with Gasteiger partial charge in [-0.2, -0.15) is 0 Å². The molecule has 1 aliphatic rings. The van der Waals surface area contributed by atoms with Crippen LogP contribution in [0.1, 0.15) is 12.0 Å². The van der Waals surface area contributed by atoms with Crippen molar-refractivity contribution in [3.05, 3.63) is 34.6 Å². The lowest BCUT2D eigenvalue weighted by molar-refractivity contribution is -0.148. The average Bonchev–Trinajstić information content (AvgIpc) is 2.87. The number of hydrogen-bond acceptors (Lipinski definition) is 3. The molecule has 0 saturated carbocycles. The number of ether oxygens (including phenoxy) is 1. The molecule has 114 valence electrons. The van der Waals surface area contributed by atoms with Gasteiger partial charge in [0.05, 0.1) is 12.5 Å². The minimum absolute atomic E-state index is 0.0779. The van der Waals surface area contributed by atoms with Crippen molar-refractivity contribution in [1.82, 2.24) is 4.90 Å². The van der Waals surface area contributed by atoms with Crippen LogP contribution in [0.4, 0.5) is 4.39 Å². The summed E-state index contributed by atoms with van der Waals surface area (Å²) in [5, 5.41) is 9.32. The van der Waals surface area contributed by atoms with Gasteiger partial charge in [-0.05, 0) is 12.1 Å². The summed E-state index contributed by atoms with van der Waals surface area (Å²) in [7, 11) is 1.46. The molecule has 1 aliphatic heterocycles. The number of likely N-dealkylation sites (tertiary alicyclic amines) is 1. The Labute approximate surface area is 126 Å². The molecule has 1 amide bonds. The molecule has 1 aromatic carbocycles. The van der Waals surface area contributed by atoms with E-state index in [9.17, 15) is 19.1 Å². The summed E-state index contributed by atoms with van der Waals surface area (Å²) in [5.74, 6) is -2.15. The van der Waals surface area contributed by atoms with E-state index < -0.39 is 23.7 Å². The molecule has 2 rings (SSSR count). The predicted octanol–water partition coefficient (Wildman–Crippen LogP) is 1.72. The molecule has 5 nitrogen and oxygen atoms in total. The highest BCUT2D eigenvalue weighted by molar-refractivity contribution is 6.31. The Morgan fingerprint density at radius 2 is 2.24 bits per heavy atom. The zero-order valence-electron chi connectivity index (χ0n) is 11.4. The number of carbonyl (C=O) groups excluding carboxylic acids is 1. The van der Waals surface area contributed by atoms with Crippen LogP contribution in [-0.4, -0.2) is 47.7 Å². The van der Waals surface area contributed by atoms with Crippen molar-refractivity contribution in [2.24, 2.45) is 0 Å². The number of nitrogens with zero attached hydrogens (tertiary/aromatic N) is 1. The fourth-order valence-electron chi connectivity index (χ4n) is 2.43. The number of carboxylic acids is 1. The number of hydrogen-bond donors (Lipinski definition) is 1. The lowest BCUT2D eigenvalue weighted by Crippen LogP contribution is -2.41. The lowest BCUT2D eigenvalue weighted by Gasteiger charge is -2.21. The van der Waals surface area contributed by atoms with Gasteiger partial charge in [-0.25, -0.2) is 9.18 Å². The Kier molecular flexibility index (Phi) is 4.80. The van der Waals surface area contributed by atoms with Gasteiger partial charge in [0.25, 0.3) is 0 Å². The number of methoxy groups -OCH3 is 1. The van der Waals surface area contributed by atoms with Gasteiger partial charge < -0.3 is 14.7 Å². The van der Waals surface area contributed by atoms with Crippen LogP contribution < -0.4 is 0 Å². The van der Waals surface area contributed by atoms with Crippen molar-refractivity contribution in [2.75, 3.05) is 13.7 Å². The van der Waals surface area contributed by atoms with Gasteiger partial charge in [-0.3, -0.25) is 4.79 Å². The predicted molar refractivity (Wildman–Crippen MR) is 73.7 cm³/mol. The van der Waals surface area contributed by atoms with E-state index in [1.54, 1.807) is 0 Å². The second-order valence-electron chi connectivity index (χ2n) is 4.87. The van der Waals surface area contributed by atoms with E-state index in [0.717, 1.165) is 0 Å². The summed E-state index contributed by atoms with van der Waals surface area (Å²) in [6, 6.07) is 3.20. The van der Waals surface area contributed by atoms with E-state index >= 15 is 0 Å². The molecule has 1 N–H and O–H groups in total. The van der Waals surface area contributed by atoms with E-state index in [1.807, 2.05) is 0 Å². The summed E-state index contributed by atoms with van der Waals surface area (Å²) < 4.78 is 18.8. The summed E-state index contributed by atoms with van der Waals surface area (Å²) in [5.41, 5.74) is 0.0779. The van der Waals surface area contributed by atoms with Crippen LogP contribution in [0.5, 0.6) is 0 Å². The first-order chi connectivity index (χ1) is 9.93. The zero-order chi connectivity index (χ0) is 15.6. The van der Waals surface area contributed by atoms with Crippen LogP contribution in [0.3, 0.4) is 0 Å². The highest BCUT2D eigenvalue weighted by atomic mass is 35.5. The van der Waals surface area contributed by atoms with Gasteiger partial charge in [0.15, 0.2) is 0 Å². The second kappa shape index (κ2) is 6.41. The van der Waals surface area contributed by atoms with Gasteiger partial charge in [0.2, 0.25) is 5.91 Å². The SMILES string of the molecule is COC1CC(C(=O)O)N(C(=O)Cc2c(F)cccc2Cl)C1. The number of rotatable bonds is 4. The van der Waals surface area contributed by atoms with Crippen LogP contribution in [-0.2, 0) is 20.7 Å². The molecular weight excluding hydrogens is 301 g/mol. The highest BCUT2D eigenvalue weighted by Crippen LogP contribution is 2.24. The first-order valence-corrected chi connectivity index (χ1v) is 6.79. The smallest absolute Gasteiger partial charge is 0.326 e. The fraction of sp³-hybridized carbons (Fsp3) is 0.429. The third-order valence-corrected chi connectivity index (χ3v) is 3.95. The summed E-state index contributed by atoms with van der Waals surface area (Å²) in [6.45, 7) is 0.179. The molecule has 1 saturated heterocycles. The monoisotopic (exact) mass is 315 g/mol. The Balaban J connectivity index is 2.17. The molecule has 21 heavy (non-hydrogen) atoms. The standard InChI is InChI=1S/C14H15ClFNO4/c1-21-8-5-12(14(19)20)17(7-8)13(18)6-9-10(15)3-2-4-11(9)16/h2-4,8,12H,5-7H2,1H3,(H,19,20). The van der Waals surface area contributed by atoms with E-state index in [2.05, 4.69) is 0 Å². The molecule has 1 aromatic rings. The van der Waals surface area contributed by atoms with Crippen molar-refractivity contribution in [2.45, 2.75) is 25.0 Å². The molecule has 1 fully saturated rings. The molecule has 7 heteroatoms. The highest BCUT2D eigenvalue weighted by Gasteiger charge is 2.39. The summed E-state index contributed by atoms with van der Waals surface area (Å²) in [6.07, 6.45) is -0.375. The molecular formula is C14H15ClFNO4. The first-order valence-electron chi connectivity index (χ1n) is 6.42. The van der Waals surface area contributed by atoms with Crippen LogP contribution in [0.2, 0.25) is 5.02 Å². The maximum absolute atomic E-state index is 13.7. The number of carboxylic acid groups (broad SMARTS) is 1. The Hall–Kier alpha value is -1.66. The van der Waals surface area contributed by atoms with Crippen LogP contribution >= 0.6 is 11.6 Å². The minimum Gasteiger partial charge on any atom is -0.480 e. The third-order valence-electron chi connectivity index (χ3n) is 3.59. The number of aliphatic carboxylic acids is 1. The van der Waals surface area contributed by atoms with Crippen LogP contribution in [0.25, 0.3) is 0 Å². The molecule has 0 aromatic heterocycles. The lowest BCUT2D eigenvalue weighted by atomic mass is 10.1. The molecule has 0 spiro atoms. The molecule has 0 bridgehead atoms. The quantitative estimate of drug-likeness (QED) is 0.918. The van der Waals surface area contributed by atoms with Gasteiger partial charge in [0, 0.05) is 30.7 Å². The Morgan fingerprint density at radius 1 is 1.52 bits per heavy atom. The number of benzene rings is 1. The largest absolute Gasteiger partial charge is 0.480 e. The normalized spacial score (nSPS) is 21.6. The van der Waals surface area contributed by atoms with Crippen molar-refractivity contribution >= 4 is 23.5 Å². The number of amides is 1. The topological polar surface area (TPSA) is 66.8 Å². The molecule has 0 radical (unpaired) electrons. The van der Waals surface area contributed by atoms with Gasteiger partial charge >= 0.3 is 5.97 Å². The van der Waals surface area contributed by atoms with Crippen LogP contribution in [0, 0.1) is 5.82 Å². The van der Waals surface area contributed by atoms with Crippen molar-refractivity contribution in [3.8, 4) is 0 Å². The maximum atomic E-state index is 13.7. The molecule has 2 atom stereocenters. The summed E-state index contributed by atoms with van der Waals surface area (Å²) >= 11 is 5.88. The van der Waals surface area contributed by atoms with Gasteiger partial charge in [0.1, 0.15) is 11.9 Å². The molecule has 0 aliphatic carbocycles. The van der Waals surface area contributed by atoms with E-state index in [-0.39, 0.29) is 36.1 Å². The Morgan fingerprint density at radius 3 is 2.81 bits per heavy atom. The first kappa shape index (κ1) is 15.7. The van der Waals surface area contributed by atoms with Gasteiger partial charge in [-0.1, -0.05) is 17.7 Å². The Bertz CT molecular complexity index is 546. The van der Waals surface area contributed by atoms with Crippen molar-refractivity contribution in [1.29, 1.82) is 0 Å². The fourth-order valence-corrected chi connectivity index (χ4v) is 2.66. The van der Waals surface area contributed by atoms with E-state index in [4.69, 9.17) is 16.3 Å². The number of carbonyl (C=O) groups is 2. The minimum atomic E-state index is -1.09. The zero-order valence-corrected chi connectivity index (χ0v) is 12.1.